The molecule has 4 N–H and O–H groups in total. The van der Waals surface area contributed by atoms with E-state index in [4.69, 9.17) is 11.5 Å². The summed E-state index contributed by atoms with van der Waals surface area (Å²) in [5, 5.41) is 0. The van der Waals surface area contributed by atoms with Crippen LogP contribution in [0.25, 0.3) is 0 Å². The molecule has 90 valence electrons. The second kappa shape index (κ2) is 5.12. The van der Waals surface area contributed by atoms with Crippen LogP contribution < -0.4 is 11.5 Å². The topological polar surface area (TPSA) is 86.9 Å². The first-order chi connectivity index (χ1) is 7.47. The van der Waals surface area contributed by atoms with Crippen LogP contribution in [0.3, 0.4) is 0 Å². The molecule has 1 aromatic rings. The van der Waals surface area contributed by atoms with Crippen molar-refractivity contribution in [1.82, 2.24) is 9.55 Å². The molecule has 0 aromatic carbocycles. The van der Waals surface area contributed by atoms with E-state index in [1.54, 1.807) is 12.5 Å². The quantitative estimate of drug-likeness (QED) is 0.737. The van der Waals surface area contributed by atoms with Crippen molar-refractivity contribution in [3.8, 4) is 0 Å². The number of aryl methyl sites for hydroxylation is 1. The Labute approximate surface area is 95.8 Å². The molecule has 0 saturated heterocycles. The van der Waals surface area contributed by atoms with Gasteiger partial charge in [0.15, 0.2) is 0 Å². The Morgan fingerprint density at radius 2 is 2.25 bits per heavy atom. The average molecular weight is 224 g/mol. The van der Waals surface area contributed by atoms with E-state index in [9.17, 15) is 4.79 Å². The van der Waals surface area contributed by atoms with Crippen LogP contribution in [0.15, 0.2) is 18.7 Å². The highest BCUT2D eigenvalue weighted by Crippen LogP contribution is 2.20. The number of imidazole rings is 1. The number of carbonyl (C=O) groups excluding carboxylic acids is 1. The van der Waals surface area contributed by atoms with Gasteiger partial charge in [-0.3, -0.25) is 4.79 Å². The second-order valence-electron chi connectivity index (χ2n) is 4.46. The van der Waals surface area contributed by atoms with Crippen LogP contribution in [0, 0.1) is 5.92 Å². The maximum Gasteiger partial charge on any atom is 0.237 e. The summed E-state index contributed by atoms with van der Waals surface area (Å²) < 4.78 is 1.96. The van der Waals surface area contributed by atoms with Gasteiger partial charge in [-0.25, -0.2) is 4.98 Å². The van der Waals surface area contributed by atoms with Gasteiger partial charge in [-0.05, 0) is 18.8 Å². The fraction of sp³-hybridized carbons (Fsp3) is 0.636. The Balaban J connectivity index is 2.48. The van der Waals surface area contributed by atoms with Crippen LogP contribution in [-0.2, 0) is 11.3 Å². The molecule has 1 atom stereocenters. The van der Waals surface area contributed by atoms with Crippen molar-refractivity contribution in [1.29, 1.82) is 0 Å². The highest BCUT2D eigenvalue weighted by atomic mass is 16.1. The van der Waals surface area contributed by atoms with Gasteiger partial charge in [0.05, 0.1) is 11.9 Å². The van der Waals surface area contributed by atoms with Gasteiger partial charge >= 0.3 is 0 Å². The molecule has 1 heterocycles. The van der Waals surface area contributed by atoms with Crippen LogP contribution in [0.1, 0.15) is 26.7 Å². The SMILES string of the molecule is CC(C)C(N)(CCCn1ccnc1)C(N)=O. The zero-order valence-electron chi connectivity index (χ0n) is 9.89. The highest BCUT2D eigenvalue weighted by molar-refractivity contribution is 5.84. The minimum Gasteiger partial charge on any atom is -0.368 e. The van der Waals surface area contributed by atoms with Crippen molar-refractivity contribution in [2.24, 2.45) is 17.4 Å². The Kier molecular flexibility index (Phi) is 4.06. The molecule has 0 bridgehead atoms. The molecule has 0 saturated carbocycles. The number of nitrogens with two attached hydrogens (primary N) is 2. The lowest BCUT2D eigenvalue weighted by Crippen LogP contribution is -2.56. The summed E-state index contributed by atoms with van der Waals surface area (Å²) in [7, 11) is 0. The maximum absolute atomic E-state index is 11.3. The number of aromatic nitrogens is 2. The zero-order valence-corrected chi connectivity index (χ0v) is 9.89. The Morgan fingerprint density at radius 3 is 2.69 bits per heavy atom. The number of hydrogen-bond acceptors (Lipinski definition) is 3. The van der Waals surface area contributed by atoms with Crippen molar-refractivity contribution in [2.75, 3.05) is 0 Å². The van der Waals surface area contributed by atoms with Gasteiger partial charge in [-0.2, -0.15) is 0 Å². The lowest BCUT2D eigenvalue weighted by Gasteiger charge is -2.30. The molecule has 5 nitrogen and oxygen atoms in total. The Hall–Kier alpha value is -1.36. The predicted octanol–water partition coefficient (Wildman–Crippen LogP) is 0.502. The first-order valence-electron chi connectivity index (χ1n) is 5.51. The molecular weight excluding hydrogens is 204 g/mol. The normalized spacial score (nSPS) is 15.0. The van der Waals surface area contributed by atoms with Gasteiger partial charge in [-0.1, -0.05) is 13.8 Å². The molecule has 0 aliphatic rings. The fourth-order valence-electron chi connectivity index (χ4n) is 1.67. The molecule has 0 spiro atoms. The van der Waals surface area contributed by atoms with E-state index in [2.05, 4.69) is 4.98 Å². The summed E-state index contributed by atoms with van der Waals surface area (Å²) in [5.41, 5.74) is 10.5. The molecule has 0 fully saturated rings. The van der Waals surface area contributed by atoms with Gasteiger partial charge in [0, 0.05) is 18.9 Å². The molecule has 0 aliphatic carbocycles. The summed E-state index contributed by atoms with van der Waals surface area (Å²) in [6, 6.07) is 0. The first-order valence-corrected chi connectivity index (χ1v) is 5.51. The molecule has 0 radical (unpaired) electrons. The fourth-order valence-corrected chi connectivity index (χ4v) is 1.67. The van der Waals surface area contributed by atoms with Crippen molar-refractivity contribution >= 4 is 5.91 Å². The van der Waals surface area contributed by atoms with Crippen LogP contribution in [0.2, 0.25) is 0 Å². The van der Waals surface area contributed by atoms with E-state index < -0.39 is 11.4 Å². The third-order valence-electron chi connectivity index (χ3n) is 3.05. The average Bonchev–Trinajstić information content (AvgIpc) is 2.69. The minimum atomic E-state index is -0.902. The van der Waals surface area contributed by atoms with Gasteiger partial charge < -0.3 is 16.0 Å². The number of primary amides is 1. The summed E-state index contributed by atoms with van der Waals surface area (Å²) in [6.45, 7) is 4.64. The Morgan fingerprint density at radius 1 is 1.56 bits per heavy atom. The predicted molar refractivity (Wildman–Crippen MR) is 62.4 cm³/mol. The standard InChI is InChI=1S/C11H20N4O/c1-9(2)11(13,10(12)16)4-3-6-15-7-5-14-8-15/h5,7-9H,3-4,6,13H2,1-2H3,(H2,12,16). The highest BCUT2D eigenvalue weighted by Gasteiger charge is 2.34. The number of rotatable bonds is 6. The zero-order chi connectivity index (χ0) is 12.2. The van der Waals surface area contributed by atoms with Gasteiger partial charge in [0.25, 0.3) is 0 Å². The van der Waals surface area contributed by atoms with Gasteiger partial charge in [0.2, 0.25) is 5.91 Å². The summed E-state index contributed by atoms with van der Waals surface area (Å²) >= 11 is 0. The minimum absolute atomic E-state index is 0.0489. The van der Waals surface area contributed by atoms with Crippen LogP contribution in [-0.4, -0.2) is 21.0 Å². The summed E-state index contributed by atoms with van der Waals surface area (Å²) in [5.74, 6) is -0.374. The largest absolute Gasteiger partial charge is 0.368 e. The van der Waals surface area contributed by atoms with Crippen LogP contribution >= 0.6 is 0 Å². The second-order valence-corrected chi connectivity index (χ2v) is 4.46. The molecular formula is C11H20N4O. The van der Waals surface area contributed by atoms with Crippen molar-refractivity contribution < 1.29 is 4.79 Å². The van der Waals surface area contributed by atoms with E-state index in [0.717, 1.165) is 13.0 Å². The smallest absolute Gasteiger partial charge is 0.237 e. The molecule has 0 aliphatic heterocycles. The summed E-state index contributed by atoms with van der Waals surface area (Å²) in [4.78, 5) is 15.3. The van der Waals surface area contributed by atoms with Crippen molar-refractivity contribution in [3.05, 3.63) is 18.7 Å². The summed E-state index contributed by atoms with van der Waals surface area (Å²) in [6.07, 6.45) is 6.77. The number of hydrogen-bond donors (Lipinski definition) is 2. The lowest BCUT2D eigenvalue weighted by atomic mass is 9.82. The number of carbonyl (C=O) groups is 1. The molecule has 1 unspecified atom stereocenters. The van der Waals surface area contributed by atoms with Gasteiger partial charge in [-0.15, -0.1) is 0 Å². The van der Waals surface area contributed by atoms with E-state index in [1.807, 2.05) is 24.6 Å². The number of amides is 1. The van der Waals surface area contributed by atoms with E-state index in [1.165, 1.54) is 0 Å². The van der Waals surface area contributed by atoms with Crippen molar-refractivity contribution in [3.63, 3.8) is 0 Å². The van der Waals surface area contributed by atoms with E-state index >= 15 is 0 Å². The van der Waals surface area contributed by atoms with Gasteiger partial charge in [0.1, 0.15) is 0 Å². The monoisotopic (exact) mass is 224 g/mol. The maximum atomic E-state index is 11.3. The molecule has 1 rings (SSSR count). The number of nitrogens with zero attached hydrogens (tertiary/aromatic N) is 2. The third-order valence-corrected chi connectivity index (χ3v) is 3.05. The molecule has 5 heteroatoms. The van der Waals surface area contributed by atoms with Crippen LogP contribution in [0.4, 0.5) is 0 Å². The third kappa shape index (κ3) is 2.82. The van der Waals surface area contributed by atoms with E-state index in [0.29, 0.717) is 6.42 Å². The lowest BCUT2D eigenvalue weighted by molar-refractivity contribution is -0.125. The van der Waals surface area contributed by atoms with E-state index in [-0.39, 0.29) is 5.92 Å². The molecule has 1 aromatic heterocycles. The van der Waals surface area contributed by atoms with Crippen molar-refractivity contribution in [2.45, 2.75) is 38.8 Å². The first kappa shape index (κ1) is 12.7. The molecule has 1 amide bonds. The molecule has 16 heavy (non-hydrogen) atoms. The Bertz CT molecular complexity index is 334. The van der Waals surface area contributed by atoms with Crippen LogP contribution in [0.5, 0.6) is 0 Å².